The van der Waals surface area contributed by atoms with Gasteiger partial charge >= 0.3 is 6.09 Å². The Labute approximate surface area is 81.5 Å². The maximum Gasteiger partial charge on any atom is 0.408 e. The molecule has 1 aliphatic rings. The van der Waals surface area contributed by atoms with E-state index in [1.165, 1.54) is 11.8 Å². The van der Waals surface area contributed by atoms with Gasteiger partial charge in [-0.25, -0.2) is 4.79 Å². The van der Waals surface area contributed by atoms with Gasteiger partial charge < -0.3 is 5.11 Å². The predicted octanol–water partition coefficient (Wildman–Crippen LogP) is 1.00. The summed E-state index contributed by atoms with van der Waals surface area (Å²) in [6.45, 7) is 0.444. The van der Waals surface area contributed by atoms with Crippen LogP contribution in [0.5, 0.6) is 0 Å². The van der Waals surface area contributed by atoms with Crippen LogP contribution >= 0.6 is 34.4 Å². The zero-order valence-electron chi connectivity index (χ0n) is 5.49. The van der Waals surface area contributed by atoms with Crippen LogP contribution in [-0.2, 0) is 4.79 Å². The Morgan fingerprint density at radius 3 is 2.91 bits per heavy atom. The minimum atomic E-state index is -1.02. The number of carbonyl (C=O) groups is 2. The number of carboxylic acid groups (broad SMARTS) is 1. The van der Waals surface area contributed by atoms with Crippen molar-refractivity contribution in [3.8, 4) is 0 Å². The summed E-state index contributed by atoms with van der Waals surface area (Å²) < 4.78 is -0.510. The third kappa shape index (κ3) is 1.98. The number of nitrogens with zero attached hydrogens (tertiary/aromatic N) is 1. The normalized spacial score (nSPS) is 25.4. The zero-order chi connectivity index (χ0) is 8.43. The van der Waals surface area contributed by atoms with Crippen LogP contribution in [0.3, 0.4) is 0 Å². The lowest BCUT2D eigenvalue weighted by Crippen LogP contribution is -2.44. The predicted molar refractivity (Wildman–Crippen MR) is 50.0 cm³/mol. The molecule has 1 rings (SSSR count). The Hall–Kier alpha value is 0.0200. The molecule has 0 saturated carbocycles. The molecule has 1 N–H and O–H groups in total. The molecule has 1 fully saturated rings. The van der Waals surface area contributed by atoms with Gasteiger partial charge in [-0.05, 0) is 22.6 Å². The van der Waals surface area contributed by atoms with Crippen molar-refractivity contribution in [2.24, 2.45) is 0 Å². The van der Waals surface area contributed by atoms with E-state index in [9.17, 15) is 9.59 Å². The molecule has 1 amide bonds. The standard InChI is InChI=1S/C5H6INO3S/c6-3-4(8)11-2-1-7(3)5(9)10/h3H,1-2H2,(H,9,10). The average Bonchev–Trinajstić information content (AvgIpc) is 1.94. The fraction of sp³-hybridized carbons (Fsp3) is 0.600. The van der Waals surface area contributed by atoms with E-state index >= 15 is 0 Å². The van der Waals surface area contributed by atoms with Gasteiger partial charge in [-0.1, -0.05) is 11.8 Å². The summed E-state index contributed by atoms with van der Waals surface area (Å²) in [6, 6.07) is 0. The minimum Gasteiger partial charge on any atom is -0.465 e. The van der Waals surface area contributed by atoms with Crippen LogP contribution in [0.2, 0.25) is 0 Å². The molecule has 62 valence electrons. The monoisotopic (exact) mass is 287 g/mol. The van der Waals surface area contributed by atoms with Crippen LogP contribution in [0.15, 0.2) is 0 Å². The van der Waals surface area contributed by atoms with Gasteiger partial charge in [0, 0.05) is 12.3 Å². The van der Waals surface area contributed by atoms with Crippen molar-refractivity contribution < 1.29 is 14.7 Å². The second-order valence-electron chi connectivity index (χ2n) is 1.98. The number of alkyl halides is 1. The number of hydrogen-bond donors (Lipinski definition) is 1. The van der Waals surface area contributed by atoms with Crippen molar-refractivity contribution >= 4 is 45.6 Å². The first-order valence-electron chi connectivity index (χ1n) is 2.93. The fourth-order valence-corrected chi connectivity index (χ4v) is 2.56. The van der Waals surface area contributed by atoms with Crippen molar-refractivity contribution in [2.75, 3.05) is 12.3 Å². The van der Waals surface area contributed by atoms with Crippen LogP contribution < -0.4 is 0 Å². The Bertz CT molecular complexity index is 198. The highest BCUT2D eigenvalue weighted by Crippen LogP contribution is 2.22. The van der Waals surface area contributed by atoms with Crippen molar-refractivity contribution in [3.05, 3.63) is 0 Å². The van der Waals surface area contributed by atoms with Gasteiger partial charge in [0.05, 0.1) is 0 Å². The van der Waals surface area contributed by atoms with Crippen LogP contribution in [0.25, 0.3) is 0 Å². The first-order chi connectivity index (χ1) is 5.13. The van der Waals surface area contributed by atoms with Crippen LogP contribution in [0.4, 0.5) is 4.79 Å². The molecule has 0 bridgehead atoms. The van der Waals surface area contributed by atoms with E-state index in [2.05, 4.69) is 0 Å². The van der Waals surface area contributed by atoms with Crippen molar-refractivity contribution in [1.82, 2.24) is 4.90 Å². The lowest BCUT2D eigenvalue weighted by atomic mass is 10.5. The highest BCUT2D eigenvalue weighted by atomic mass is 127. The summed E-state index contributed by atoms with van der Waals surface area (Å²) in [4.78, 5) is 22.6. The molecule has 11 heavy (non-hydrogen) atoms. The molecule has 0 aliphatic carbocycles. The number of halogens is 1. The van der Waals surface area contributed by atoms with Crippen LogP contribution in [-0.4, -0.2) is 37.6 Å². The van der Waals surface area contributed by atoms with Crippen molar-refractivity contribution in [3.63, 3.8) is 0 Å². The summed E-state index contributed by atoms with van der Waals surface area (Å²) in [5.74, 6) is 0.574. The van der Waals surface area contributed by atoms with E-state index in [0.717, 1.165) is 4.90 Å². The Morgan fingerprint density at radius 1 is 1.82 bits per heavy atom. The third-order valence-corrected chi connectivity index (χ3v) is 3.85. The summed E-state index contributed by atoms with van der Waals surface area (Å²) >= 11 is 3.03. The van der Waals surface area contributed by atoms with Gasteiger partial charge in [-0.3, -0.25) is 9.69 Å². The van der Waals surface area contributed by atoms with E-state index in [4.69, 9.17) is 5.11 Å². The van der Waals surface area contributed by atoms with E-state index in [1.807, 2.05) is 22.6 Å². The van der Waals surface area contributed by atoms with E-state index < -0.39 is 10.1 Å². The molecule has 0 spiro atoms. The highest BCUT2D eigenvalue weighted by molar-refractivity contribution is 14.1. The smallest absolute Gasteiger partial charge is 0.408 e. The van der Waals surface area contributed by atoms with Gasteiger partial charge in [-0.15, -0.1) is 0 Å². The molecular formula is C5H6INO3S. The number of thioether (sulfide) groups is 1. The molecule has 1 unspecified atom stereocenters. The summed E-state index contributed by atoms with van der Waals surface area (Å²) in [7, 11) is 0. The average molecular weight is 287 g/mol. The minimum absolute atomic E-state index is 0.0701. The van der Waals surface area contributed by atoms with Crippen molar-refractivity contribution in [2.45, 2.75) is 4.05 Å². The third-order valence-electron chi connectivity index (χ3n) is 1.29. The largest absolute Gasteiger partial charge is 0.465 e. The second kappa shape index (κ2) is 3.61. The van der Waals surface area contributed by atoms with Gasteiger partial charge in [0.1, 0.15) is 0 Å². The molecule has 1 aliphatic heterocycles. The van der Waals surface area contributed by atoms with Gasteiger partial charge in [0.2, 0.25) is 5.12 Å². The number of hydrogen-bond acceptors (Lipinski definition) is 3. The SMILES string of the molecule is O=C1SCCN(C(=O)O)C1I. The zero-order valence-corrected chi connectivity index (χ0v) is 8.46. The maximum absolute atomic E-state index is 11.0. The lowest BCUT2D eigenvalue weighted by molar-refractivity contribution is -0.112. The summed E-state index contributed by atoms with van der Waals surface area (Å²) in [5.41, 5.74) is 0. The Balaban J connectivity index is 2.65. The molecule has 0 aromatic carbocycles. The molecule has 1 heterocycles. The number of amides is 1. The molecule has 0 aromatic heterocycles. The maximum atomic E-state index is 11.0. The summed E-state index contributed by atoms with van der Waals surface area (Å²) in [5, 5.41) is 8.52. The fourth-order valence-electron chi connectivity index (χ4n) is 0.747. The first-order valence-corrected chi connectivity index (χ1v) is 5.16. The number of rotatable bonds is 0. The van der Waals surface area contributed by atoms with E-state index in [1.54, 1.807) is 0 Å². The van der Waals surface area contributed by atoms with Crippen LogP contribution in [0.1, 0.15) is 0 Å². The Kier molecular flexibility index (Phi) is 2.99. The van der Waals surface area contributed by atoms with Crippen LogP contribution in [0, 0.1) is 0 Å². The van der Waals surface area contributed by atoms with E-state index in [0.29, 0.717) is 12.3 Å². The first kappa shape index (κ1) is 9.11. The van der Waals surface area contributed by atoms with Gasteiger partial charge in [0.25, 0.3) is 0 Å². The second-order valence-corrected chi connectivity index (χ2v) is 4.26. The topological polar surface area (TPSA) is 57.6 Å². The summed E-state index contributed by atoms with van der Waals surface area (Å²) in [6.07, 6.45) is -1.02. The van der Waals surface area contributed by atoms with Gasteiger partial charge in [-0.2, -0.15) is 0 Å². The molecular weight excluding hydrogens is 281 g/mol. The Morgan fingerprint density at radius 2 is 2.45 bits per heavy atom. The highest BCUT2D eigenvalue weighted by Gasteiger charge is 2.30. The van der Waals surface area contributed by atoms with Crippen molar-refractivity contribution in [1.29, 1.82) is 0 Å². The molecule has 1 atom stereocenters. The van der Waals surface area contributed by atoms with Gasteiger partial charge in [0.15, 0.2) is 4.05 Å². The molecule has 4 nitrogen and oxygen atoms in total. The molecule has 1 saturated heterocycles. The molecule has 0 aromatic rings. The molecule has 6 heteroatoms. The quantitative estimate of drug-likeness (QED) is 0.410. The van der Waals surface area contributed by atoms with E-state index in [-0.39, 0.29) is 5.12 Å². The number of carbonyl (C=O) groups excluding carboxylic acids is 1. The molecule has 0 radical (unpaired) electrons. The lowest BCUT2D eigenvalue weighted by Gasteiger charge is -2.27.